The summed E-state index contributed by atoms with van der Waals surface area (Å²) in [5.41, 5.74) is 5.21. The van der Waals surface area contributed by atoms with Gasteiger partial charge < -0.3 is 5.32 Å². The largest absolute Gasteiger partial charge is 0.326 e. The number of rotatable bonds is 6. The second kappa shape index (κ2) is 9.20. The number of para-hydroxylation sites is 3. The first-order valence-electron chi connectivity index (χ1n) is 10.4. The third kappa shape index (κ3) is 4.50. The number of aromatic nitrogens is 2. The zero-order chi connectivity index (χ0) is 21.0. The summed E-state index contributed by atoms with van der Waals surface area (Å²) < 4.78 is 2.63. The molecule has 6 heteroatoms. The average Bonchev–Trinajstić information content (AvgIpc) is 3.46. The van der Waals surface area contributed by atoms with Crippen LogP contribution in [0.4, 0.5) is 5.69 Å². The van der Waals surface area contributed by atoms with E-state index >= 15 is 0 Å². The van der Waals surface area contributed by atoms with E-state index in [4.69, 9.17) is 4.98 Å². The predicted octanol–water partition coefficient (Wildman–Crippen LogP) is 6.08. The highest BCUT2D eigenvalue weighted by molar-refractivity contribution is 8.19. The maximum absolute atomic E-state index is 12.7. The Kier molecular flexibility index (Phi) is 6.00. The van der Waals surface area contributed by atoms with Crippen LogP contribution < -0.4 is 5.32 Å². The van der Waals surface area contributed by atoms with Gasteiger partial charge in [0.05, 0.1) is 15.6 Å². The summed E-state index contributed by atoms with van der Waals surface area (Å²) in [6, 6.07) is 26.5. The number of fused-ring (bicyclic) bond motifs is 1. The van der Waals surface area contributed by atoms with Crippen molar-refractivity contribution < 1.29 is 4.79 Å². The number of hydrogen-bond acceptors (Lipinski definition) is 4. The van der Waals surface area contributed by atoms with E-state index < -0.39 is 0 Å². The van der Waals surface area contributed by atoms with Gasteiger partial charge in [-0.2, -0.15) is 0 Å². The lowest BCUT2D eigenvalue weighted by Gasteiger charge is -2.12. The third-order valence-corrected chi connectivity index (χ3v) is 8.39. The Balaban J connectivity index is 1.32. The number of imidazole rings is 1. The molecule has 1 aliphatic rings. The molecule has 1 N–H and O–H groups in total. The molecule has 0 aliphatic carbocycles. The van der Waals surface area contributed by atoms with Gasteiger partial charge in [-0.3, -0.25) is 9.36 Å². The molecule has 3 aromatic carbocycles. The van der Waals surface area contributed by atoms with Gasteiger partial charge in [0.1, 0.15) is 5.82 Å². The highest BCUT2D eigenvalue weighted by Gasteiger charge is 2.19. The number of nitrogens with zero attached hydrogens (tertiary/aromatic N) is 2. The van der Waals surface area contributed by atoms with Crippen LogP contribution in [0.15, 0.2) is 78.9 Å². The number of anilines is 1. The minimum absolute atomic E-state index is 0.00976. The van der Waals surface area contributed by atoms with Gasteiger partial charge in [0, 0.05) is 35.7 Å². The maximum atomic E-state index is 12.7. The minimum atomic E-state index is 0.00976. The van der Waals surface area contributed by atoms with E-state index in [2.05, 4.69) is 40.2 Å². The van der Waals surface area contributed by atoms with Gasteiger partial charge in [0.15, 0.2) is 0 Å². The summed E-state index contributed by atoms with van der Waals surface area (Å²) >= 11 is 3.94. The van der Waals surface area contributed by atoms with E-state index in [-0.39, 0.29) is 5.91 Å². The Morgan fingerprint density at radius 3 is 2.58 bits per heavy atom. The molecule has 1 amide bonds. The van der Waals surface area contributed by atoms with Crippen LogP contribution in [0.3, 0.4) is 0 Å². The number of carbonyl (C=O) groups is 1. The lowest BCUT2D eigenvalue weighted by Crippen LogP contribution is -2.14. The summed E-state index contributed by atoms with van der Waals surface area (Å²) in [4.78, 5) is 17.5. The van der Waals surface area contributed by atoms with E-state index in [9.17, 15) is 4.79 Å². The van der Waals surface area contributed by atoms with Gasteiger partial charge in [0.2, 0.25) is 5.91 Å². The monoisotopic (exact) mass is 445 g/mol. The molecule has 0 spiro atoms. The van der Waals surface area contributed by atoms with Crippen LogP contribution >= 0.6 is 23.5 Å². The molecule has 0 atom stereocenters. The molecule has 1 aromatic heterocycles. The van der Waals surface area contributed by atoms with Gasteiger partial charge in [-0.15, -0.1) is 23.5 Å². The van der Waals surface area contributed by atoms with Crippen molar-refractivity contribution in [3.63, 3.8) is 0 Å². The normalized spacial score (nSPS) is 14.2. The van der Waals surface area contributed by atoms with Gasteiger partial charge >= 0.3 is 0 Å². The fourth-order valence-corrected chi connectivity index (χ4v) is 6.71. The molecule has 1 saturated heterocycles. The Morgan fingerprint density at radius 1 is 0.968 bits per heavy atom. The number of hydrogen-bond donors (Lipinski definition) is 1. The lowest BCUT2D eigenvalue weighted by molar-refractivity contribution is -0.116. The summed E-state index contributed by atoms with van der Waals surface area (Å²) in [7, 11) is 0. The fraction of sp³-hybridized carbons (Fsp3) is 0.200. The highest BCUT2D eigenvalue weighted by Crippen LogP contribution is 2.45. The van der Waals surface area contributed by atoms with Crippen LogP contribution in [0, 0.1) is 0 Å². The zero-order valence-electron chi connectivity index (χ0n) is 17.0. The number of aryl methyl sites for hydroxylation is 1. The van der Waals surface area contributed by atoms with E-state index in [1.807, 2.05) is 72.1 Å². The molecule has 0 saturated carbocycles. The van der Waals surface area contributed by atoms with Gasteiger partial charge in [-0.1, -0.05) is 42.5 Å². The molecule has 1 fully saturated rings. The van der Waals surface area contributed by atoms with Crippen LogP contribution in [0.5, 0.6) is 0 Å². The topological polar surface area (TPSA) is 46.9 Å². The van der Waals surface area contributed by atoms with E-state index in [0.29, 0.717) is 17.4 Å². The molecule has 2 heterocycles. The van der Waals surface area contributed by atoms with Crippen LogP contribution in [-0.2, 0) is 11.2 Å². The Labute approximate surface area is 190 Å². The Bertz CT molecular complexity index is 1200. The van der Waals surface area contributed by atoms with Crippen molar-refractivity contribution in [1.82, 2.24) is 9.55 Å². The zero-order valence-corrected chi connectivity index (χ0v) is 18.7. The molecule has 4 aromatic rings. The molecular weight excluding hydrogens is 422 g/mol. The smallest absolute Gasteiger partial charge is 0.224 e. The van der Waals surface area contributed by atoms with Crippen molar-refractivity contribution in [1.29, 1.82) is 0 Å². The van der Waals surface area contributed by atoms with Crippen molar-refractivity contribution in [3.8, 4) is 5.69 Å². The van der Waals surface area contributed by atoms with Gasteiger partial charge in [0.25, 0.3) is 0 Å². The lowest BCUT2D eigenvalue weighted by atomic mass is 10.2. The number of thioether (sulfide) groups is 2. The first-order valence-corrected chi connectivity index (χ1v) is 12.5. The number of amides is 1. The summed E-state index contributed by atoms with van der Waals surface area (Å²) in [5, 5.41) is 3.07. The highest BCUT2D eigenvalue weighted by atomic mass is 32.2. The molecular formula is C25H23N3OS2. The molecule has 0 bridgehead atoms. The van der Waals surface area contributed by atoms with Crippen LogP contribution in [0.1, 0.15) is 22.4 Å². The number of nitrogens with one attached hydrogen (secondary N) is 1. The van der Waals surface area contributed by atoms with Crippen molar-refractivity contribution in [2.24, 2.45) is 0 Å². The van der Waals surface area contributed by atoms with Crippen LogP contribution in [0.2, 0.25) is 0 Å². The first kappa shape index (κ1) is 20.2. The molecule has 1 aliphatic heterocycles. The quantitative estimate of drug-likeness (QED) is 0.391. The summed E-state index contributed by atoms with van der Waals surface area (Å²) in [6.07, 6.45) is 0.955. The van der Waals surface area contributed by atoms with E-state index in [1.54, 1.807) is 0 Å². The standard InChI is InChI=1S/C25H23N3OS2/c29-24(26-19-8-6-7-18(17-19)25-30-15-16-31-25)14-13-23-27-21-11-4-5-12-22(21)28(23)20-9-2-1-3-10-20/h1-12,17,25H,13-16H2,(H,26,29). The maximum Gasteiger partial charge on any atom is 0.224 e. The van der Waals surface area contributed by atoms with E-state index in [0.717, 1.165) is 28.2 Å². The second-order valence-electron chi connectivity index (χ2n) is 7.43. The first-order chi connectivity index (χ1) is 15.3. The van der Waals surface area contributed by atoms with Crippen LogP contribution in [-0.4, -0.2) is 27.0 Å². The second-order valence-corrected chi connectivity index (χ2v) is 10.2. The fourth-order valence-electron chi connectivity index (χ4n) is 3.87. The molecule has 4 nitrogen and oxygen atoms in total. The summed E-state index contributed by atoms with van der Waals surface area (Å²) in [5.74, 6) is 3.29. The molecule has 5 rings (SSSR count). The molecule has 31 heavy (non-hydrogen) atoms. The third-order valence-electron chi connectivity index (χ3n) is 5.28. The van der Waals surface area contributed by atoms with Gasteiger partial charge in [-0.25, -0.2) is 4.98 Å². The Hall–Kier alpha value is -2.70. The van der Waals surface area contributed by atoms with E-state index in [1.165, 1.54) is 17.1 Å². The summed E-state index contributed by atoms with van der Waals surface area (Å²) in [6.45, 7) is 0. The van der Waals surface area contributed by atoms with Crippen molar-refractivity contribution in [3.05, 3.63) is 90.3 Å². The van der Waals surface area contributed by atoms with Gasteiger partial charge in [-0.05, 0) is 42.0 Å². The van der Waals surface area contributed by atoms with Crippen molar-refractivity contribution >= 4 is 46.2 Å². The molecule has 0 unspecified atom stereocenters. The number of benzene rings is 3. The Morgan fingerprint density at radius 2 is 1.74 bits per heavy atom. The van der Waals surface area contributed by atoms with Crippen LogP contribution in [0.25, 0.3) is 16.7 Å². The molecule has 0 radical (unpaired) electrons. The van der Waals surface area contributed by atoms with Crippen molar-refractivity contribution in [2.75, 3.05) is 16.8 Å². The average molecular weight is 446 g/mol. The minimum Gasteiger partial charge on any atom is -0.326 e. The predicted molar refractivity (Wildman–Crippen MR) is 132 cm³/mol. The number of carbonyl (C=O) groups excluding carboxylic acids is 1. The molecule has 156 valence electrons. The SMILES string of the molecule is O=C(CCc1nc2ccccc2n1-c1ccccc1)Nc1cccc(C2SCCS2)c1. The van der Waals surface area contributed by atoms with Crippen molar-refractivity contribution in [2.45, 2.75) is 17.4 Å².